The van der Waals surface area contributed by atoms with Crippen LogP contribution in [0.15, 0.2) is 71.7 Å². The number of aryl methyl sites for hydroxylation is 1. The van der Waals surface area contributed by atoms with Crippen LogP contribution in [0.3, 0.4) is 0 Å². The summed E-state index contributed by atoms with van der Waals surface area (Å²) in [5.74, 6) is -8.06. The van der Waals surface area contributed by atoms with Crippen molar-refractivity contribution in [3.63, 3.8) is 0 Å². The number of alkyl halides is 4. The lowest BCUT2D eigenvalue weighted by atomic mass is 10.0. The predicted molar refractivity (Wildman–Crippen MR) is 197 cm³/mol. The molecule has 0 saturated heterocycles. The van der Waals surface area contributed by atoms with Crippen LogP contribution in [0.2, 0.25) is 5.02 Å². The molecule has 8 rings (SSSR count). The third-order valence-electron chi connectivity index (χ3n) is 10.0. The van der Waals surface area contributed by atoms with Gasteiger partial charge in [0.25, 0.3) is 12.3 Å². The molecule has 292 valence electrons. The summed E-state index contributed by atoms with van der Waals surface area (Å²) >= 11 is 6.61. The maximum atomic E-state index is 15.4. The summed E-state index contributed by atoms with van der Waals surface area (Å²) in [5.41, 5.74) is 0.221. The Hall–Kier alpha value is -5.36. The Kier molecular flexibility index (Phi) is 9.18. The first kappa shape index (κ1) is 37.6. The second kappa shape index (κ2) is 13.7. The number of halogens is 7. The monoisotopic (exact) mass is 816 g/mol. The number of amides is 1. The van der Waals surface area contributed by atoms with E-state index in [1.54, 1.807) is 54.4 Å². The Balaban J connectivity index is 1.24. The van der Waals surface area contributed by atoms with Gasteiger partial charge in [-0.25, -0.2) is 31.0 Å². The fraction of sp³-hybridized carbons (Fsp3) is 0.297. The van der Waals surface area contributed by atoms with Crippen molar-refractivity contribution in [1.82, 2.24) is 24.9 Å². The highest BCUT2D eigenvalue weighted by molar-refractivity contribution is 7.92. The number of nitrogens with zero attached hydrogens (tertiary/aromatic N) is 6. The predicted octanol–water partition coefficient (Wildman–Crippen LogP) is 6.91. The van der Waals surface area contributed by atoms with Gasteiger partial charge < -0.3 is 10.2 Å². The topological polar surface area (TPSA) is 127 Å². The fourth-order valence-electron chi connectivity index (χ4n) is 7.73. The average Bonchev–Trinajstić information content (AvgIpc) is 3.66. The normalized spacial score (nSPS) is 19.1. The smallest absolute Gasteiger partial charge is 0.293 e. The lowest BCUT2D eigenvalue weighted by Gasteiger charge is -2.34. The second-order valence-electron chi connectivity index (χ2n) is 14.0. The van der Waals surface area contributed by atoms with Crippen LogP contribution in [0.5, 0.6) is 0 Å². The number of fused-ring (bicyclic) bond motifs is 4. The average molecular weight is 817 g/mol. The maximum Gasteiger partial charge on any atom is 0.293 e. The number of carbonyl (C=O) groups is 1. The number of anilines is 2. The molecule has 2 N–H and O–H groups in total. The molecule has 2 aromatic heterocycles. The lowest BCUT2D eigenvalue weighted by Crippen LogP contribution is -2.52. The van der Waals surface area contributed by atoms with Gasteiger partial charge in [0.15, 0.2) is 5.82 Å². The Labute approximate surface area is 320 Å². The quantitative estimate of drug-likeness (QED) is 0.140. The molecular weight excluding hydrogens is 786 g/mol. The molecule has 11 nitrogen and oxygen atoms in total. The van der Waals surface area contributed by atoms with E-state index in [0.717, 1.165) is 18.4 Å². The third kappa shape index (κ3) is 6.78. The van der Waals surface area contributed by atoms with E-state index in [4.69, 9.17) is 16.6 Å². The highest BCUT2D eigenvalue weighted by atomic mass is 35.5. The first-order valence-electron chi connectivity index (χ1n) is 17.3. The van der Waals surface area contributed by atoms with E-state index in [9.17, 15) is 30.8 Å². The summed E-state index contributed by atoms with van der Waals surface area (Å²) < 4.78 is 117. The van der Waals surface area contributed by atoms with Gasteiger partial charge in [-0.05, 0) is 53.8 Å². The molecule has 1 fully saturated rings. The molecule has 56 heavy (non-hydrogen) atoms. The van der Waals surface area contributed by atoms with Gasteiger partial charge in [-0.1, -0.05) is 41.9 Å². The number of benzene rings is 3. The maximum absolute atomic E-state index is 15.4. The van der Waals surface area contributed by atoms with Crippen LogP contribution < -0.4 is 14.9 Å². The van der Waals surface area contributed by atoms with E-state index in [2.05, 4.69) is 20.2 Å². The molecule has 3 aliphatic rings. The van der Waals surface area contributed by atoms with Crippen LogP contribution >= 0.6 is 11.6 Å². The molecular formula is C37H31ClF6N8O3S. The number of aromatic nitrogens is 4. The fourth-order valence-corrected chi connectivity index (χ4v) is 8.46. The molecule has 0 unspecified atom stereocenters. The number of rotatable bonds is 11. The zero-order valence-electron chi connectivity index (χ0n) is 29.5. The Morgan fingerprint density at radius 3 is 2.45 bits per heavy atom. The summed E-state index contributed by atoms with van der Waals surface area (Å²) in [5, 5.41) is 11.3. The van der Waals surface area contributed by atoms with Crippen LogP contribution in [-0.4, -0.2) is 58.6 Å². The minimum Gasteiger partial charge on any atom is -0.344 e. The van der Waals surface area contributed by atoms with E-state index in [1.165, 1.54) is 10.7 Å². The summed E-state index contributed by atoms with van der Waals surface area (Å²) in [6.45, 7) is -0.788. The molecule has 5 aromatic rings. The first-order valence-corrected chi connectivity index (χ1v) is 19.5. The highest BCUT2D eigenvalue weighted by Crippen LogP contribution is 2.68. The lowest BCUT2D eigenvalue weighted by molar-refractivity contribution is -0.122. The van der Waals surface area contributed by atoms with Gasteiger partial charge in [-0.3, -0.25) is 18.9 Å². The number of amidine groups is 1. The Bertz CT molecular complexity index is 2570. The molecule has 2 aliphatic carbocycles. The molecule has 19 heteroatoms. The van der Waals surface area contributed by atoms with Crippen molar-refractivity contribution in [3.8, 4) is 0 Å². The number of nitrogens with one attached hydrogen (secondary N) is 2. The number of hydrogen-bond acceptors (Lipinski definition) is 7. The van der Waals surface area contributed by atoms with E-state index < -0.39 is 75.7 Å². The van der Waals surface area contributed by atoms with Gasteiger partial charge in [-0.2, -0.15) is 19.0 Å². The van der Waals surface area contributed by atoms with Crippen molar-refractivity contribution in [3.05, 3.63) is 111 Å². The molecule has 1 amide bonds. The third-order valence-corrected chi connectivity index (χ3v) is 10.9. The summed E-state index contributed by atoms with van der Waals surface area (Å²) in [7, 11) is -2.24. The van der Waals surface area contributed by atoms with Crippen molar-refractivity contribution < 1.29 is 39.6 Å². The number of carbonyl (C=O) groups excluding carboxylic acids is 1. The standard InChI is InChI=1S/C37H31ClF6N8O3S/c1-50-32-27(9-8-24(38)30(32)35(48-50)49-56(2,54)55)51-11-10-25(19-6-4-3-5-7-19)46-36(51)26(14-18-12-20(39)15-21(40)13-18)45-28(53)17-52-33-29(31(47-52)34(41)42)22-16-23(22)37(33,43)44/h3-10,12-13,15,22-23,26,34H,11,14,16-17H2,1-2H3,(H,45,53)(H,48,49)/t22-,23+,26-/m0/s1. The SMILES string of the molecule is Cn1nc(NS(C)(=O)=O)c2c(Cl)ccc(N3CC=C(c4ccccc4)N=C3[C@H](Cc3cc(F)cc(F)c3)NC(=O)Cn3nc(C(F)F)c4c3C(F)(F)[C@@H]3C[C@H]43)c21. The Morgan fingerprint density at radius 1 is 1.05 bits per heavy atom. The molecule has 3 aromatic carbocycles. The molecule has 1 aliphatic heterocycles. The van der Waals surface area contributed by atoms with Crippen LogP contribution in [0.4, 0.5) is 37.8 Å². The molecule has 0 bridgehead atoms. The molecule has 3 heterocycles. The van der Waals surface area contributed by atoms with E-state index in [0.29, 0.717) is 33.2 Å². The summed E-state index contributed by atoms with van der Waals surface area (Å²) in [6.07, 6.45) is -0.645. The van der Waals surface area contributed by atoms with Crippen molar-refractivity contribution in [2.24, 2.45) is 18.0 Å². The molecule has 0 radical (unpaired) electrons. The van der Waals surface area contributed by atoms with Gasteiger partial charge in [0.2, 0.25) is 15.9 Å². The van der Waals surface area contributed by atoms with Crippen LogP contribution in [0, 0.1) is 17.6 Å². The second-order valence-corrected chi connectivity index (χ2v) is 16.1. The highest BCUT2D eigenvalue weighted by Gasteiger charge is 2.67. The van der Waals surface area contributed by atoms with Crippen molar-refractivity contribution in [2.45, 2.75) is 43.7 Å². The number of hydrogen-bond donors (Lipinski definition) is 2. The van der Waals surface area contributed by atoms with E-state index in [1.807, 2.05) is 0 Å². The first-order chi connectivity index (χ1) is 26.5. The largest absolute Gasteiger partial charge is 0.344 e. The number of sulfonamides is 1. The zero-order valence-corrected chi connectivity index (χ0v) is 31.0. The van der Waals surface area contributed by atoms with E-state index >= 15 is 8.78 Å². The summed E-state index contributed by atoms with van der Waals surface area (Å²) in [4.78, 5) is 20.6. The van der Waals surface area contributed by atoms with Crippen LogP contribution in [0.25, 0.3) is 16.6 Å². The number of aliphatic imine (C=N–C) groups is 1. The molecule has 0 spiro atoms. The minimum absolute atomic E-state index is 0.0389. The van der Waals surface area contributed by atoms with E-state index in [-0.39, 0.29) is 52.6 Å². The molecule has 1 saturated carbocycles. The zero-order chi connectivity index (χ0) is 39.8. The van der Waals surface area contributed by atoms with Crippen LogP contribution in [0.1, 0.15) is 46.8 Å². The van der Waals surface area contributed by atoms with Crippen molar-refractivity contribution >= 4 is 61.5 Å². The van der Waals surface area contributed by atoms with Gasteiger partial charge in [0.05, 0.1) is 39.6 Å². The van der Waals surface area contributed by atoms with Gasteiger partial charge >= 0.3 is 0 Å². The minimum atomic E-state index is -3.80. The van der Waals surface area contributed by atoms with Gasteiger partial charge in [0, 0.05) is 37.6 Å². The van der Waals surface area contributed by atoms with Crippen molar-refractivity contribution in [2.75, 3.05) is 22.4 Å². The van der Waals surface area contributed by atoms with Crippen LogP contribution in [-0.2, 0) is 40.8 Å². The van der Waals surface area contributed by atoms with Gasteiger partial charge in [-0.15, -0.1) is 0 Å². The van der Waals surface area contributed by atoms with Gasteiger partial charge in [0.1, 0.15) is 35.4 Å². The summed E-state index contributed by atoms with van der Waals surface area (Å²) in [6, 6.07) is 13.7. The molecule has 3 atom stereocenters. The van der Waals surface area contributed by atoms with Crippen molar-refractivity contribution in [1.29, 1.82) is 0 Å². The Morgan fingerprint density at radius 2 is 1.77 bits per heavy atom.